The van der Waals surface area contributed by atoms with E-state index in [0.717, 1.165) is 4.90 Å². The first-order valence-electron chi connectivity index (χ1n) is 4.61. The van der Waals surface area contributed by atoms with Gasteiger partial charge in [0.25, 0.3) is 23.1 Å². The highest BCUT2D eigenvalue weighted by Crippen LogP contribution is 2.21. The van der Waals surface area contributed by atoms with E-state index in [1.165, 1.54) is 36.4 Å². The van der Waals surface area contributed by atoms with Gasteiger partial charge in [0.05, 0.1) is 5.69 Å². The Bertz CT molecular complexity index is 506. The molecule has 1 atom stereocenters. The topological polar surface area (TPSA) is 86.7 Å². The zero-order chi connectivity index (χ0) is 12.4. The Morgan fingerprint density at radius 2 is 1.59 bits per heavy atom. The first-order chi connectivity index (χ1) is 8.08. The quantitative estimate of drug-likeness (QED) is 0.611. The van der Waals surface area contributed by atoms with Crippen molar-refractivity contribution in [2.24, 2.45) is 0 Å². The second kappa shape index (κ2) is 4.48. The lowest BCUT2D eigenvalue weighted by Crippen LogP contribution is -2.29. The Morgan fingerprint density at radius 1 is 1.06 bits per heavy atom. The van der Waals surface area contributed by atoms with E-state index in [2.05, 4.69) is 4.72 Å². The fraction of sp³-hybridized carbons (Fsp3) is 0. The lowest BCUT2D eigenvalue weighted by atomic mass is 10.2. The van der Waals surface area contributed by atoms with Crippen LogP contribution in [0.1, 0.15) is 0 Å². The molecule has 2 rings (SSSR count). The van der Waals surface area contributed by atoms with Crippen molar-refractivity contribution in [3.05, 3.63) is 36.4 Å². The Hall–Kier alpha value is -1.99. The monoisotopic (exact) mass is 252 g/mol. The molecule has 1 aliphatic rings. The summed E-state index contributed by atoms with van der Waals surface area (Å²) in [6.45, 7) is 0. The molecule has 1 unspecified atom stereocenters. The summed E-state index contributed by atoms with van der Waals surface area (Å²) in [4.78, 5) is 23.7. The number of hydrogen-bond donors (Lipinski definition) is 2. The van der Waals surface area contributed by atoms with Crippen molar-refractivity contribution in [1.29, 1.82) is 0 Å². The van der Waals surface area contributed by atoms with Crippen LogP contribution in [0.5, 0.6) is 0 Å². The van der Waals surface area contributed by atoms with Gasteiger partial charge in [0, 0.05) is 17.8 Å². The second-order valence-electron chi connectivity index (χ2n) is 3.24. The van der Waals surface area contributed by atoms with Crippen LogP contribution >= 0.6 is 0 Å². The van der Waals surface area contributed by atoms with Crippen molar-refractivity contribution in [3.63, 3.8) is 0 Å². The van der Waals surface area contributed by atoms with Crippen molar-refractivity contribution < 1.29 is 18.4 Å². The summed E-state index contributed by atoms with van der Waals surface area (Å²) in [6, 6.07) is 6.03. The average Bonchev–Trinajstić information content (AvgIpc) is 2.59. The fourth-order valence-corrected chi connectivity index (χ4v) is 1.77. The van der Waals surface area contributed by atoms with Crippen molar-refractivity contribution >= 4 is 34.5 Å². The molecule has 2 N–H and O–H groups in total. The van der Waals surface area contributed by atoms with E-state index in [4.69, 9.17) is 4.55 Å². The molecule has 0 radical (unpaired) electrons. The van der Waals surface area contributed by atoms with Gasteiger partial charge >= 0.3 is 0 Å². The second-order valence-corrected chi connectivity index (χ2v) is 3.95. The van der Waals surface area contributed by atoms with Crippen LogP contribution in [0.25, 0.3) is 0 Å². The van der Waals surface area contributed by atoms with Gasteiger partial charge in [-0.3, -0.25) is 18.9 Å². The van der Waals surface area contributed by atoms with Gasteiger partial charge in [0.2, 0.25) is 0 Å². The highest BCUT2D eigenvalue weighted by Gasteiger charge is 2.24. The maximum absolute atomic E-state index is 11.4. The minimum Gasteiger partial charge on any atom is -0.289 e. The predicted octanol–water partition coefficient (Wildman–Crippen LogP) is 0.665. The highest BCUT2D eigenvalue weighted by atomic mass is 32.2. The number of hydrogen-bond acceptors (Lipinski definition) is 3. The van der Waals surface area contributed by atoms with E-state index >= 15 is 0 Å². The Kier molecular flexibility index (Phi) is 3.03. The normalized spacial score (nSPS) is 16.4. The summed E-state index contributed by atoms with van der Waals surface area (Å²) < 4.78 is 21.4. The Labute approximate surface area is 99.3 Å². The number of carbonyl (C=O) groups is 2. The summed E-state index contributed by atoms with van der Waals surface area (Å²) in [5.41, 5.74) is 0.834. The zero-order valence-corrected chi connectivity index (χ0v) is 9.31. The van der Waals surface area contributed by atoms with E-state index in [0.29, 0.717) is 11.4 Å². The number of benzene rings is 1. The molecular weight excluding hydrogens is 244 g/mol. The van der Waals surface area contributed by atoms with Gasteiger partial charge in [-0.2, -0.15) is 0 Å². The van der Waals surface area contributed by atoms with E-state index in [9.17, 15) is 13.8 Å². The Morgan fingerprint density at radius 3 is 2.06 bits per heavy atom. The molecule has 1 heterocycles. The molecule has 1 aromatic rings. The Balaban J connectivity index is 2.21. The molecule has 88 valence electrons. The molecule has 7 heteroatoms. The molecule has 6 nitrogen and oxygen atoms in total. The van der Waals surface area contributed by atoms with Crippen LogP contribution in [0.15, 0.2) is 36.4 Å². The van der Waals surface area contributed by atoms with Crippen LogP contribution in [0.2, 0.25) is 0 Å². The lowest BCUT2D eigenvalue weighted by Gasteiger charge is -2.13. The number of nitrogens with zero attached hydrogens (tertiary/aromatic N) is 1. The van der Waals surface area contributed by atoms with Crippen LogP contribution in [0, 0.1) is 0 Å². The van der Waals surface area contributed by atoms with Crippen molar-refractivity contribution in [3.8, 4) is 0 Å². The third kappa shape index (κ3) is 2.40. The minimum absolute atomic E-state index is 0.401. The van der Waals surface area contributed by atoms with Crippen LogP contribution in [0.4, 0.5) is 11.4 Å². The molecule has 0 saturated carbocycles. The van der Waals surface area contributed by atoms with Crippen LogP contribution in [-0.4, -0.2) is 20.6 Å². The molecule has 0 bridgehead atoms. The van der Waals surface area contributed by atoms with Gasteiger partial charge in [-0.25, -0.2) is 9.11 Å². The maximum atomic E-state index is 11.4. The smallest absolute Gasteiger partial charge is 0.259 e. The lowest BCUT2D eigenvalue weighted by molar-refractivity contribution is -0.119. The molecule has 0 saturated heterocycles. The van der Waals surface area contributed by atoms with Gasteiger partial charge < -0.3 is 0 Å². The van der Waals surface area contributed by atoms with Crippen molar-refractivity contribution in [2.75, 3.05) is 9.62 Å². The highest BCUT2D eigenvalue weighted by molar-refractivity contribution is 7.80. The molecule has 0 aromatic heterocycles. The number of anilines is 2. The minimum atomic E-state index is -2.15. The fourth-order valence-electron chi connectivity index (χ4n) is 1.43. The van der Waals surface area contributed by atoms with Gasteiger partial charge in [-0.1, -0.05) is 0 Å². The first kappa shape index (κ1) is 11.5. The van der Waals surface area contributed by atoms with E-state index in [1.54, 1.807) is 0 Å². The maximum Gasteiger partial charge on any atom is 0.259 e. The number of carbonyl (C=O) groups excluding carboxylic acids is 2. The standard InChI is InChI=1S/C10H8N2O4S/c13-9-5-6-10(14)12(9)8-3-1-7(2-4-8)11-17(15)16/h1-6,11H,(H,15,16). The number of rotatable bonds is 3. The summed E-state index contributed by atoms with van der Waals surface area (Å²) in [7, 11) is 0. The largest absolute Gasteiger partial charge is 0.289 e. The third-order valence-corrected chi connectivity index (χ3v) is 2.55. The number of imide groups is 1. The molecular formula is C10H8N2O4S. The summed E-state index contributed by atoms with van der Waals surface area (Å²) >= 11 is -2.15. The SMILES string of the molecule is O=C1C=CC(=O)N1c1ccc(NS(=O)O)cc1. The number of nitrogens with one attached hydrogen (secondary N) is 1. The molecule has 2 amide bonds. The first-order valence-corrected chi connectivity index (χ1v) is 5.72. The van der Waals surface area contributed by atoms with E-state index < -0.39 is 23.1 Å². The van der Waals surface area contributed by atoms with Crippen LogP contribution in [-0.2, 0) is 20.9 Å². The van der Waals surface area contributed by atoms with Crippen LogP contribution in [0.3, 0.4) is 0 Å². The average molecular weight is 252 g/mol. The molecule has 0 aliphatic carbocycles. The van der Waals surface area contributed by atoms with E-state index in [1.807, 2.05) is 0 Å². The molecule has 0 fully saturated rings. The summed E-state index contributed by atoms with van der Waals surface area (Å²) in [5, 5.41) is 0. The zero-order valence-electron chi connectivity index (χ0n) is 8.49. The van der Waals surface area contributed by atoms with E-state index in [-0.39, 0.29) is 0 Å². The molecule has 0 spiro atoms. The number of amides is 2. The van der Waals surface area contributed by atoms with Gasteiger partial charge in [-0.05, 0) is 24.3 Å². The van der Waals surface area contributed by atoms with Gasteiger partial charge in [0.1, 0.15) is 0 Å². The van der Waals surface area contributed by atoms with Crippen LogP contribution < -0.4 is 9.62 Å². The summed E-state index contributed by atoms with van der Waals surface area (Å²) in [5.74, 6) is -0.803. The van der Waals surface area contributed by atoms with Crippen molar-refractivity contribution in [2.45, 2.75) is 0 Å². The van der Waals surface area contributed by atoms with Gasteiger partial charge in [0.15, 0.2) is 0 Å². The summed E-state index contributed by atoms with van der Waals surface area (Å²) in [6.07, 6.45) is 2.38. The molecule has 1 aromatic carbocycles. The third-order valence-electron chi connectivity index (χ3n) is 2.14. The molecule has 17 heavy (non-hydrogen) atoms. The predicted molar refractivity (Wildman–Crippen MR) is 62.5 cm³/mol. The van der Waals surface area contributed by atoms with Gasteiger partial charge in [-0.15, -0.1) is 0 Å². The molecule has 1 aliphatic heterocycles. The van der Waals surface area contributed by atoms with Crippen molar-refractivity contribution in [1.82, 2.24) is 0 Å².